The monoisotopic (exact) mass is 244 g/mol. The molecule has 0 aromatic rings. The van der Waals surface area contributed by atoms with Gasteiger partial charge in [-0.3, -0.25) is 10.3 Å². The molecule has 3 atom stereocenters. The van der Waals surface area contributed by atoms with Gasteiger partial charge in [-0.2, -0.15) is 0 Å². The van der Waals surface area contributed by atoms with Gasteiger partial charge in [0, 0.05) is 12.1 Å². The molecule has 72 valence electrons. The summed E-state index contributed by atoms with van der Waals surface area (Å²) in [5.74, 6) is 0. The highest BCUT2D eigenvalue weighted by atomic mass is 79.9. The normalized spacial score (nSPS) is 47.9. The lowest BCUT2D eigenvalue weighted by Crippen LogP contribution is -2.48. The molecule has 0 aromatic carbocycles. The largest absolute Gasteiger partial charge is 0.311 e. The van der Waals surface area contributed by atoms with E-state index < -0.39 is 0 Å². The maximum Gasteiger partial charge on any atom is 0.120 e. The lowest BCUT2D eigenvalue weighted by atomic mass is 9.88. The first-order chi connectivity index (χ1) is 6.26. The Morgan fingerprint density at radius 1 is 1.38 bits per heavy atom. The number of fused-ring (bicyclic) bond motifs is 2. The molecule has 3 aliphatic heterocycles. The Bertz CT molecular complexity index is 254. The number of halogens is 1. The molecule has 0 aromatic heterocycles. The van der Waals surface area contributed by atoms with Gasteiger partial charge in [0.2, 0.25) is 0 Å². The molecule has 1 unspecified atom stereocenters. The average molecular weight is 245 g/mol. The van der Waals surface area contributed by atoms with Crippen molar-refractivity contribution in [1.82, 2.24) is 10.8 Å². The summed E-state index contributed by atoms with van der Waals surface area (Å²) in [5, 5.41) is 3.60. The second-order valence-corrected chi connectivity index (χ2v) is 5.16. The first-order valence-electron chi connectivity index (χ1n) is 4.84. The van der Waals surface area contributed by atoms with Crippen LogP contribution < -0.4 is 10.8 Å². The quantitative estimate of drug-likeness (QED) is 0.633. The molecule has 2 fully saturated rings. The van der Waals surface area contributed by atoms with E-state index in [-0.39, 0.29) is 5.60 Å². The van der Waals surface area contributed by atoms with Gasteiger partial charge in [-0.1, -0.05) is 0 Å². The van der Waals surface area contributed by atoms with Crippen molar-refractivity contribution in [2.45, 2.75) is 43.4 Å². The van der Waals surface area contributed by atoms with E-state index >= 15 is 0 Å². The zero-order valence-electron chi connectivity index (χ0n) is 7.35. The van der Waals surface area contributed by atoms with Crippen LogP contribution in [0.15, 0.2) is 10.7 Å². The van der Waals surface area contributed by atoms with Gasteiger partial charge in [0.15, 0.2) is 0 Å². The van der Waals surface area contributed by atoms with Gasteiger partial charge in [-0.25, -0.2) is 0 Å². The van der Waals surface area contributed by atoms with Crippen molar-refractivity contribution in [1.29, 1.82) is 0 Å². The summed E-state index contributed by atoms with van der Waals surface area (Å²) in [4.78, 5) is 5.65. The van der Waals surface area contributed by atoms with Crippen molar-refractivity contribution in [2.24, 2.45) is 0 Å². The first kappa shape index (κ1) is 8.26. The van der Waals surface area contributed by atoms with Crippen LogP contribution in [0.2, 0.25) is 0 Å². The highest BCUT2D eigenvalue weighted by molar-refractivity contribution is 9.11. The zero-order chi connectivity index (χ0) is 8.89. The molecular formula is C9H13BrN2O. The van der Waals surface area contributed by atoms with Crippen LogP contribution in [-0.4, -0.2) is 17.7 Å². The Morgan fingerprint density at radius 2 is 2.08 bits per heavy atom. The minimum absolute atomic E-state index is 0.0318. The van der Waals surface area contributed by atoms with Crippen molar-refractivity contribution >= 4 is 15.9 Å². The molecule has 1 spiro atoms. The summed E-state index contributed by atoms with van der Waals surface area (Å²) >= 11 is 3.41. The van der Waals surface area contributed by atoms with Gasteiger partial charge in [-0.15, -0.1) is 0 Å². The molecule has 2 N–H and O–H groups in total. The first-order valence-corrected chi connectivity index (χ1v) is 5.64. The zero-order valence-corrected chi connectivity index (χ0v) is 8.93. The fraction of sp³-hybridized carbons (Fsp3) is 0.778. The van der Waals surface area contributed by atoms with Crippen molar-refractivity contribution in [3.05, 3.63) is 10.7 Å². The van der Waals surface area contributed by atoms with Crippen LogP contribution in [0.3, 0.4) is 0 Å². The third kappa shape index (κ3) is 1.32. The topological polar surface area (TPSA) is 33.3 Å². The Kier molecular flexibility index (Phi) is 1.73. The summed E-state index contributed by atoms with van der Waals surface area (Å²) in [6, 6.07) is 1.32. The van der Waals surface area contributed by atoms with E-state index in [1.165, 1.54) is 12.8 Å². The van der Waals surface area contributed by atoms with Crippen LogP contribution in [-0.2, 0) is 4.84 Å². The van der Waals surface area contributed by atoms with Crippen LogP contribution in [0.1, 0.15) is 25.7 Å². The molecule has 13 heavy (non-hydrogen) atoms. The van der Waals surface area contributed by atoms with Crippen LogP contribution in [0.5, 0.6) is 0 Å². The van der Waals surface area contributed by atoms with Crippen LogP contribution in [0.4, 0.5) is 0 Å². The van der Waals surface area contributed by atoms with Crippen molar-refractivity contribution in [3.8, 4) is 0 Å². The van der Waals surface area contributed by atoms with Gasteiger partial charge in [0.1, 0.15) is 10.2 Å². The molecule has 3 heterocycles. The predicted octanol–water partition coefficient (Wildman–Crippen LogP) is 1.41. The maximum atomic E-state index is 5.65. The highest BCUT2D eigenvalue weighted by Gasteiger charge is 2.46. The Balaban J connectivity index is 1.86. The fourth-order valence-corrected chi connectivity index (χ4v) is 3.28. The molecule has 4 heteroatoms. The molecule has 3 rings (SSSR count). The second-order valence-electron chi connectivity index (χ2n) is 4.31. The number of hydrogen-bond acceptors (Lipinski definition) is 3. The Hall–Kier alpha value is -0.0600. The van der Waals surface area contributed by atoms with Gasteiger partial charge >= 0.3 is 0 Å². The van der Waals surface area contributed by atoms with Gasteiger partial charge in [0.25, 0.3) is 0 Å². The van der Waals surface area contributed by atoms with Crippen molar-refractivity contribution in [2.75, 3.05) is 0 Å². The fourth-order valence-electron chi connectivity index (χ4n) is 2.78. The standard InChI is InChI=1S/C9H13BrN2O/c10-8-5-9(13-12-8)3-6-1-2-7(4-9)11-6/h5-7,11-12H,1-4H2/t6-,7+,9?. The van der Waals surface area contributed by atoms with Gasteiger partial charge in [-0.05, 0) is 47.7 Å². The van der Waals surface area contributed by atoms with E-state index in [0.29, 0.717) is 12.1 Å². The molecular weight excluding hydrogens is 232 g/mol. The highest BCUT2D eigenvalue weighted by Crippen LogP contribution is 2.40. The smallest absolute Gasteiger partial charge is 0.120 e. The molecule has 3 nitrogen and oxygen atoms in total. The molecule has 0 aliphatic carbocycles. The van der Waals surface area contributed by atoms with Gasteiger partial charge in [0.05, 0.1) is 0 Å². The SMILES string of the molecule is BrC1=CC2(C[C@H]3CC[C@@H](C2)N3)ON1. The number of rotatable bonds is 0. The average Bonchev–Trinajstić information content (AvgIpc) is 2.58. The summed E-state index contributed by atoms with van der Waals surface area (Å²) in [5.41, 5.74) is 2.87. The lowest BCUT2D eigenvalue weighted by Gasteiger charge is -2.35. The van der Waals surface area contributed by atoms with E-state index in [1.807, 2.05) is 0 Å². The predicted molar refractivity (Wildman–Crippen MR) is 53.1 cm³/mol. The third-order valence-electron chi connectivity index (χ3n) is 3.26. The van der Waals surface area contributed by atoms with E-state index in [0.717, 1.165) is 17.4 Å². The summed E-state index contributed by atoms with van der Waals surface area (Å²) in [6.07, 6.45) is 7.00. The number of hydroxylamine groups is 1. The molecule has 0 amide bonds. The van der Waals surface area contributed by atoms with E-state index in [4.69, 9.17) is 4.84 Å². The van der Waals surface area contributed by atoms with Crippen LogP contribution in [0.25, 0.3) is 0 Å². The third-order valence-corrected chi connectivity index (χ3v) is 3.65. The summed E-state index contributed by atoms with van der Waals surface area (Å²) < 4.78 is 0.980. The lowest BCUT2D eigenvalue weighted by molar-refractivity contribution is -0.0648. The van der Waals surface area contributed by atoms with Gasteiger partial charge < -0.3 is 5.32 Å². The molecule has 3 aliphatic rings. The number of nitrogens with one attached hydrogen (secondary N) is 2. The van der Waals surface area contributed by atoms with Crippen molar-refractivity contribution in [3.63, 3.8) is 0 Å². The van der Waals surface area contributed by atoms with Crippen LogP contribution in [0, 0.1) is 0 Å². The second kappa shape index (κ2) is 2.72. The summed E-state index contributed by atoms with van der Waals surface area (Å²) in [7, 11) is 0. The minimum Gasteiger partial charge on any atom is -0.311 e. The minimum atomic E-state index is -0.0318. The number of hydrogen-bond donors (Lipinski definition) is 2. The summed E-state index contributed by atoms with van der Waals surface area (Å²) in [6.45, 7) is 0. The van der Waals surface area contributed by atoms with Crippen LogP contribution >= 0.6 is 15.9 Å². The Morgan fingerprint density at radius 3 is 2.62 bits per heavy atom. The molecule has 0 radical (unpaired) electrons. The molecule has 0 saturated carbocycles. The number of piperidine rings is 1. The van der Waals surface area contributed by atoms with E-state index in [9.17, 15) is 0 Å². The van der Waals surface area contributed by atoms with Crippen molar-refractivity contribution < 1.29 is 4.84 Å². The maximum absolute atomic E-state index is 5.65. The Labute approximate surface area is 86.0 Å². The van der Waals surface area contributed by atoms with E-state index in [2.05, 4.69) is 32.8 Å². The molecule has 2 bridgehead atoms. The van der Waals surface area contributed by atoms with E-state index in [1.54, 1.807) is 0 Å². The molecule has 2 saturated heterocycles.